The molecule has 4 aliphatic rings. The van der Waals surface area contributed by atoms with Gasteiger partial charge in [0.1, 0.15) is 0 Å². The van der Waals surface area contributed by atoms with Gasteiger partial charge in [-0.25, -0.2) is 0 Å². The molecule has 4 atom stereocenters. The van der Waals surface area contributed by atoms with Gasteiger partial charge in [-0.05, 0) is 52.1 Å². The van der Waals surface area contributed by atoms with E-state index < -0.39 is 0 Å². The van der Waals surface area contributed by atoms with E-state index in [4.69, 9.17) is 5.73 Å². The van der Waals surface area contributed by atoms with Crippen LogP contribution in [0.5, 0.6) is 0 Å². The van der Waals surface area contributed by atoms with E-state index in [-0.39, 0.29) is 0 Å². The highest BCUT2D eigenvalue weighted by molar-refractivity contribution is 5.11. The van der Waals surface area contributed by atoms with E-state index >= 15 is 0 Å². The summed E-state index contributed by atoms with van der Waals surface area (Å²) in [6, 6.07) is 2.36. The average Bonchev–Trinajstić information content (AvgIpc) is 3.07. The zero-order valence-electron chi connectivity index (χ0n) is 12.9. The van der Waals surface area contributed by atoms with E-state index in [9.17, 15) is 0 Å². The van der Waals surface area contributed by atoms with Crippen molar-refractivity contribution in [1.29, 1.82) is 0 Å². The van der Waals surface area contributed by atoms with Crippen LogP contribution in [-0.4, -0.2) is 78.1 Å². The number of nitrogens with zero attached hydrogens (tertiary/aromatic N) is 3. The topological polar surface area (TPSA) is 35.7 Å². The molecule has 0 spiro atoms. The molecule has 0 aromatic carbocycles. The first-order valence-corrected chi connectivity index (χ1v) is 8.66. The molecule has 4 rings (SSSR count). The number of nitrogens with two attached hydrogens (primary N) is 1. The van der Waals surface area contributed by atoms with Crippen LogP contribution in [0.2, 0.25) is 0 Å². The number of rotatable bonds is 2. The van der Waals surface area contributed by atoms with Gasteiger partial charge in [0.25, 0.3) is 0 Å². The van der Waals surface area contributed by atoms with Gasteiger partial charge in [-0.3, -0.25) is 14.7 Å². The van der Waals surface area contributed by atoms with Crippen molar-refractivity contribution in [2.45, 2.75) is 62.2 Å². The van der Waals surface area contributed by atoms with E-state index in [1.807, 2.05) is 0 Å². The largest absolute Gasteiger partial charge is 0.329 e. The monoisotopic (exact) mass is 278 g/mol. The maximum absolute atomic E-state index is 6.36. The minimum absolute atomic E-state index is 0.293. The lowest BCUT2D eigenvalue weighted by Crippen LogP contribution is -2.61. The molecule has 4 saturated heterocycles. The molecule has 114 valence electrons. The molecular formula is C16H30N4. The molecule has 2 bridgehead atoms. The van der Waals surface area contributed by atoms with Gasteiger partial charge in [0, 0.05) is 49.8 Å². The van der Waals surface area contributed by atoms with Crippen LogP contribution in [0.15, 0.2) is 0 Å². The van der Waals surface area contributed by atoms with Crippen LogP contribution < -0.4 is 5.73 Å². The Balaban J connectivity index is 1.59. The Kier molecular flexibility index (Phi) is 3.33. The van der Waals surface area contributed by atoms with Gasteiger partial charge in [0.15, 0.2) is 0 Å². The van der Waals surface area contributed by atoms with Crippen molar-refractivity contribution >= 4 is 0 Å². The summed E-state index contributed by atoms with van der Waals surface area (Å²) in [5.41, 5.74) is 6.65. The third-order valence-electron chi connectivity index (χ3n) is 6.95. The van der Waals surface area contributed by atoms with Crippen LogP contribution in [0.4, 0.5) is 0 Å². The van der Waals surface area contributed by atoms with Gasteiger partial charge in [0.05, 0.1) is 0 Å². The lowest BCUT2D eigenvalue weighted by Gasteiger charge is -2.45. The zero-order chi connectivity index (χ0) is 13.7. The second-order valence-electron chi connectivity index (χ2n) is 7.54. The molecule has 0 amide bonds. The lowest BCUT2D eigenvalue weighted by molar-refractivity contribution is 0.0566. The van der Waals surface area contributed by atoms with Gasteiger partial charge in [-0.1, -0.05) is 0 Å². The van der Waals surface area contributed by atoms with E-state index in [0.717, 1.165) is 24.7 Å². The number of likely N-dealkylation sites (tertiary alicyclic amines) is 1. The summed E-state index contributed by atoms with van der Waals surface area (Å²) < 4.78 is 0. The number of likely N-dealkylation sites (N-methyl/N-ethyl adjacent to an activating group) is 1. The Morgan fingerprint density at radius 2 is 1.90 bits per heavy atom. The van der Waals surface area contributed by atoms with Crippen molar-refractivity contribution in [3.63, 3.8) is 0 Å². The lowest BCUT2D eigenvalue weighted by atomic mass is 9.85. The molecule has 4 heterocycles. The summed E-state index contributed by atoms with van der Waals surface area (Å²) in [5.74, 6) is 0. The van der Waals surface area contributed by atoms with Crippen molar-refractivity contribution in [2.24, 2.45) is 5.73 Å². The highest BCUT2D eigenvalue weighted by Crippen LogP contribution is 2.42. The second-order valence-corrected chi connectivity index (χ2v) is 7.54. The Bertz CT molecular complexity index is 373. The van der Waals surface area contributed by atoms with Crippen molar-refractivity contribution in [3.05, 3.63) is 0 Å². The first-order valence-electron chi connectivity index (χ1n) is 8.66. The standard InChI is InChI=1S/C16H30N4/c1-18-13-4-5-14(18)11-20(9-6-13)16(12-17)7-10-19-8-2-3-15(16)19/h13-15H,2-12,17H2,1H3. The minimum Gasteiger partial charge on any atom is -0.329 e. The molecule has 20 heavy (non-hydrogen) atoms. The molecule has 4 fully saturated rings. The highest BCUT2D eigenvalue weighted by Gasteiger charge is 2.53. The van der Waals surface area contributed by atoms with Gasteiger partial charge in [-0.15, -0.1) is 0 Å². The molecule has 0 saturated carbocycles. The highest BCUT2D eigenvalue weighted by atomic mass is 15.4. The van der Waals surface area contributed by atoms with Crippen LogP contribution >= 0.6 is 0 Å². The fraction of sp³-hybridized carbons (Fsp3) is 1.00. The summed E-state index contributed by atoms with van der Waals surface area (Å²) in [7, 11) is 2.34. The fourth-order valence-electron chi connectivity index (χ4n) is 5.66. The second kappa shape index (κ2) is 4.94. The molecule has 0 aliphatic carbocycles. The predicted octanol–water partition coefficient (Wildman–Crippen LogP) is 0.721. The molecular weight excluding hydrogens is 248 g/mol. The van der Waals surface area contributed by atoms with E-state index in [2.05, 4.69) is 21.7 Å². The summed E-state index contributed by atoms with van der Waals surface area (Å²) in [6.45, 7) is 5.98. The Hall–Kier alpha value is -0.160. The fourth-order valence-corrected chi connectivity index (χ4v) is 5.66. The normalized spacial score (nSPS) is 46.8. The third-order valence-corrected chi connectivity index (χ3v) is 6.95. The van der Waals surface area contributed by atoms with Crippen molar-refractivity contribution in [1.82, 2.24) is 14.7 Å². The van der Waals surface area contributed by atoms with Crippen molar-refractivity contribution < 1.29 is 0 Å². The molecule has 4 heteroatoms. The molecule has 4 unspecified atom stereocenters. The van der Waals surface area contributed by atoms with Crippen LogP contribution in [0.3, 0.4) is 0 Å². The van der Waals surface area contributed by atoms with Crippen molar-refractivity contribution in [3.8, 4) is 0 Å². The predicted molar refractivity (Wildman–Crippen MR) is 81.8 cm³/mol. The minimum atomic E-state index is 0.293. The smallest absolute Gasteiger partial charge is 0.0499 e. The van der Waals surface area contributed by atoms with Gasteiger partial charge < -0.3 is 5.73 Å². The first-order chi connectivity index (χ1) is 9.74. The van der Waals surface area contributed by atoms with Crippen LogP contribution in [0, 0.1) is 0 Å². The van der Waals surface area contributed by atoms with Crippen LogP contribution in [0.25, 0.3) is 0 Å². The quantitative estimate of drug-likeness (QED) is 0.807. The maximum Gasteiger partial charge on any atom is 0.0499 e. The molecule has 0 aromatic heterocycles. The number of hydrogen-bond acceptors (Lipinski definition) is 4. The number of hydrogen-bond donors (Lipinski definition) is 1. The summed E-state index contributed by atoms with van der Waals surface area (Å²) in [6.07, 6.45) is 8.22. The maximum atomic E-state index is 6.36. The van der Waals surface area contributed by atoms with E-state index in [1.165, 1.54) is 64.7 Å². The molecule has 2 N–H and O–H groups in total. The zero-order valence-corrected chi connectivity index (χ0v) is 12.9. The van der Waals surface area contributed by atoms with Crippen molar-refractivity contribution in [2.75, 3.05) is 39.8 Å². The molecule has 4 aliphatic heterocycles. The van der Waals surface area contributed by atoms with Crippen LogP contribution in [-0.2, 0) is 0 Å². The molecule has 4 nitrogen and oxygen atoms in total. The summed E-state index contributed by atoms with van der Waals surface area (Å²) >= 11 is 0. The summed E-state index contributed by atoms with van der Waals surface area (Å²) in [5, 5.41) is 0. The van der Waals surface area contributed by atoms with E-state index in [0.29, 0.717) is 5.54 Å². The third kappa shape index (κ3) is 1.81. The molecule has 0 aromatic rings. The van der Waals surface area contributed by atoms with E-state index in [1.54, 1.807) is 0 Å². The first kappa shape index (κ1) is 13.5. The Morgan fingerprint density at radius 1 is 1.05 bits per heavy atom. The van der Waals surface area contributed by atoms with Gasteiger partial charge in [-0.2, -0.15) is 0 Å². The average molecular weight is 278 g/mol. The number of fused-ring (bicyclic) bond motifs is 3. The molecule has 0 radical (unpaired) electrons. The summed E-state index contributed by atoms with van der Waals surface area (Å²) in [4.78, 5) is 8.20. The Morgan fingerprint density at radius 3 is 2.75 bits per heavy atom. The van der Waals surface area contributed by atoms with Crippen LogP contribution in [0.1, 0.15) is 38.5 Å². The van der Waals surface area contributed by atoms with Gasteiger partial charge in [0.2, 0.25) is 0 Å². The Labute approximate surface area is 123 Å². The SMILES string of the molecule is CN1C2CCC1CN(C1(CN)CCN3CCCC31)CC2. The van der Waals surface area contributed by atoms with Gasteiger partial charge >= 0.3 is 0 Å².